The largest absolute Gasteiger partial charge is 0.508 e. The Labute approximate surface area is 124 Å². The van der Waals surface area contributed by atoms with Crippen LogP contribution < -0.4 is 0 Å². The van der Waals surface area contributed by atoms with E-state index >= 15 is 0 Å². The van der Waals surface area contributed by atoms with E-state index in [1.54, 1.807) is 19.1 Å². The van der Waals surface area contributed by atoms with Gasteiger partial charge < -0.3 is 9.84 Å². The van der Waals surface area contributed by atoms with Crippen LogP contribution in [0.15, 0.2) is 60.7 Å². The van der Waals surface area contributed by atoms with E-state index in [9.17, 15) is 9.90 Å². The number of phenols is 1. The van der Waals surface area contributed by atoms with E-state index in [1.165, 1.54) is 6.08 Å². The van der Waals surface area contributed by atoms with Crippen LogP contribution in [0.3, 0.4) is 0 Å². The Morgan fingerprint density at radius 3 is 2.62 bits per heavy atom. The summed E-state index contributed by atoms with van der Waals surface area (Å²) in [5, 5.41) is 9.90. The smallest absolute Gasteiger partial charge is 0.330 e. The lowest BCUT2D eigenvalue weighted by Gasteiger charge is -2.06. The van der Waals surface area contributed by atoms with Crippen molar-refractivity contribution < 1.29 is 14.6 Å². The van der Waals surface area contributed by atoms with Crippen molar-refractivity contribution in [3.05, 3.63) is 66.2 Å². The molecular weight excluding hydrogens is 264 g/mol. The normalized spacial score (nSPS) is 10.7. The Kier molecular flexibility index (Phi) is 5.16. The van der Waals surface area contributed by atoms with Crippen molar-refractivity contribution in [1.29, 1.82) is 0 Å². The van der Waals surface area contributed by atoms with E-state index in [0.29, 0.717) is 13.0 Å². The van der Waals surface area contributed by atoms with E-state index < -0.39 is 0 Å². The van der Waals surface area contributed by atoms with Gasteiger partial charge in [-0.2, -0.15) is 0 Å². The maximum absolute atomic E-state index is 11.2. The summed E-state index contributed by atoms with van der Waals surface area (Å²) in [5.41, 5.74) is 2.90. The molecule has 0 saturated carbocycles. The summed E-state index contributed by atoms with van der Waals surface area (Å²) < 4.78 is 4.81. The van der Waals surface area contributed by atoms with Crippen molar-refractivity contribution >= 4 is 5.97 Å². The SMILES string of the molecule is CCOC(=O)/C=C/Cc1cc(-c2ccccc2)ccc1O. The molecule has 0 fully saturated rings. The maximum atomic E-state index is 11.2. The van der Waals surface area contributed by atoms with E-state index in [4.69, 9.17) is 4.74 Å². The fraction of sp³-hybridized carbons (Fsp3) is 0.167. The van der Waals surface area contributed by atoms with E-state index in [2.05, 4.69) is 0 Å². The minimum atomic E-state index is -0.365. The van der Waals surface area contributed by atoms with Gasteiger partial charge in [-0.25, -0.2) is 4.79 Å². The summed E-state index contributed by atoms with van der Waals surface area (Å²) in [5.74, 6) is -0.139. The summed E-state index contributed by atoms with van der Waals surface area (Å²) in [4.78, 5) is 11.2. The zero-order valence-corrected chi connectivity index (χ0v) is 12.0. The first-order valence-electron chi connectivity index (χ1n) is 6.91. The number of esters is 1. The number of hydrogen-bond acceptors (Lipinski definition) is 3. The van der Waals surface area contributed by atoms with Crippen LogP contribution in [0.25, 0.3) is 11.1 Å². The third-order valence-electron chi connectivity index (χ3n) is 3.06. The molecule has 0 bridgehead atoms. The third kappa shape index (κ3) is 4.21. The Morgan fingerprint density at radius 2 is 1.90 bits per heavy atom. The molecule has 0 aromatic heterocycles. The first-order valence-corrected chi connectivity index (χ1v) is 6.91. The summed E-state index contributed by atoms with van der Waals surface area (Å²) in [6.07, 6.45) is 3.56. The van der Waals surface area contributed by atoms with Crippen molar-refractivity contribution in [2.75, 3.05) is 6.61 Å². The van der Waals surface area contributed by atoms with Gasteiger partial charge in [-0.3, -0.25) is 0 Å². The van der Waals surface area contributed by atoms with Gasteiger partial charge in [0, 0.05) is 6.08 Å². The van der Waals surface area contributed by atoms with E-state index in [1.807, 2.05) is 42.5 Å². The molecule has 3 nitrogen and oxygen atoms in total. The van der Waals surface area contributed by atoms with Crippen molar-refractivity contribution in [3.8, 4) is 16.9 Å². The lowest BCUT2D eigenvalue weighted by molar-refractivity contribution is -0.137. The predicted molar refractivity (Wildman–Crippen MR) is 83.0 cm³/mol. The number of rotatable bonds is 5. The molecule has 0 spiro atoms. The molecule has 2 rings (SSSR count). The molecule has 0 aliphatic rings. The van der Waals surface area contributed by atoms with Crippen LogP contribution in [0.1, 0.15) is 12.5 Å². The minimum Gasteiger partial charge on any atom is -0.508 e. The van der Waals surface area contributed by atoms with E-state index in [0.717, 1.165) is 16.7 Å². The van der Waals surface area contributed by atoms with Gasteiger partial charge in [-0.05, 0) is 42.2 Å². The average molecular weight is 282 g/mol. The Morgan fingerprint density at radius 1 is 1.14 bits per heavy atom. The molecule has 1 N–H and O–H groups in total. The molecule has 3 heteroatoms. The van der Waals surface area contributed by atoms with Gasteiger partial charge in [-0.1, -0.05) is 42.5 Å². The highest BCUT2D eigenvalue weighted by Crippen LogP contribution is 2.26. The Bertz CT molecular complexity index is 630. The highest BCUT2D eigenvalue weighted by atomic mass is 16.5. The number of phenolic OH excluding ortho intramolecular Hbond substituents is 1. The maximum Gasteiger partial charge on any atom is 0.330 e. The fourth-order valence-electron chi connectivity index (χ4n) is 2.03. The molecule has 21 heavy (non-hydrogen) atoms. The molecular formula is C18H18O3. The molecule has 0 heterocycles. The number of benzene rings is 2. The van der Waals surface area contributed by atoms with Crippen LogP contribution in [0.2, 0.25) is 0 Å². The van der Waals surface area contributed by atoms with Crippen LogP contribution in [0, 0.1) is 0 Å². The minimum absolute atomic E-state index is 0.225. The fourth-order valence-corrected chi connectivity index (χ4v) is 2.03. The topological polar surface area (TPSA) is 46.5 Å². The quantitative estimate of drug-likeness (QED) is 0.671. The highest BCUT2D eigenvalue weighted by Gasteiger charge is 2.03. The first kappa shape index (κ1) is 14.9. The molecule has 0 aliphatic heterocycles. The highest BCUT2D eigenvalue weighted by molar-refractivity contribution is 5.81. The second-order valence-electron chi connectivity index (χ2n) is 4.57. The van der Waals surface area contributed by atoms with E-state index in [-0.39, 0.29) is 11.7 Å². The van der Waals surface area contributed by atoms with Gasteiger partial charge in [0.05, 0.1) is 6.61 Å². The van der Waals surface area contributed by atoms with Crippen LogP contribution in [0.5, 0.6) is 5.75 Å². The second-order valence-corrected chi connectivity index (χ2v) is 4.57. The van der Waals surface area contributed by atoms with Crippen molar-refractivity contribution in [1.82, 2.24) is 0 Å². The number of carbonyl (C=O) groups is 1. The molecule has 108 valence electrons. The number of carbonyl (C=O) groups excluding carboxylic acids is 1. The molecule has 0 amide bonds. The van der Waals surface area contributed by atoms with Crippen LogP contribution in [-0.4, -0.2) is 17.7 Å². The van der Waals surface area contributed by atoms with Crippen LogP contribution in [-0.2, 0) is 16.0 Å². The monoisotopic (exact) mass is 282 g/mol. The van der Waals surface area contributed by atoms with Gasteiger partial charge in [0.1, 0.15) is 5.75 Å². The molecule has 0 aliphatic carbocycles. The summed E-state index contributed by atoms with van der Waals surface area (Å²) >= 11 is 0. The summed E-state index contributed by atoms with van der Waals surface area (Å²) in [6.45, 7) is 2.12. The first-order chi connectivity index (χ1) is 10.2. The number of ether oxygens (including phenoxy) is 1. The van der Waals surface area contributed by atoms with Gasteiger partial charge in [-0.15, -0.1) is 0 Å². The lowest BCUT2D eigenvalue weighted by atomic mass is 10.0. The molecule has 0 saturated heterocycles. The Balaban J connectivity index is 2.15. The summed E-state index contributed by atoms with van der Waals surface area (Å²) in [7, 11) is 0. The molecule has 0 unspecified atom stereocenters. The molecule has 0 radical (unpaired) electrons. The van der Waals surface area contributed by atoms with Gasteiger partial charge in [0.2, 0.25) is 0 Å². The van der Waals surface area contributed by atoms with Crippen LogP contribution >= 0.6 is 0 Å². The molecule has 2 aromatic rings. The number of allylic oxidation sites excluding steroid dienone is 1. The van der Waals surface area contributed by atoms with Gasteiger partial charge >= 0.3 is 5.97 Å². The molecule has 0 atom stereocenters. The second kappa shape index (κ2) is 7.29. The predicted octanol–water partition coefficient (Wildman–Crippen LogP) is 3.72. The van der Waals surface area contributed by atoms with Crippen molar-refractivity contribution in [3.63, 3.8) is 0 Å². The van der Waals surface area contributed by atoms with Crippen molar-refractivity contribution in [2.24, 2.45) is 0 Å². The standard InChI is InChI=1S/C18H18O3/c1-2-21-18(20)10-6-9-16-13-15(11-12-17(16)19)14-7-4-3-5-8-14/h3-8,10-13,19H,2,9H2,1H3/b10-6+. The average Bonchev–Trinajstić information content (AvgIpc) is 2.50. The molecule has 2 aromatic carbocycles. The van der Waals surface area contributed by atoms with Crippen molar-refractivity contribution in [2.45, 2.75) is 13.3 Å². The lowest BCUT2D eigenvalue weighted by Crippen LogP contribution is -1.99. The zero-order chi connectivity index (χ0) is 15.1. The Hall–Kier alpha value is -2.55. The number of aromatic hydroxyl groups is 1. The van der Waals surface area contributed by atoms with Gasteiger partial charge in [0.15, 0.2) is 0 Å². The van der Waals surface area contributed by atoms with Gasteiger partial charge in [0.25, 0.3) is 0 Å². The number of hydrogen-bond donors (Lipinski definition) is 1. The zero-order valence-electron chi connectivity index (χ0n) is 12.0. The summed E-state index contributed by atoms with van der Waals surface area (Å²) in [6, 6.07) is 15.4. The third-order valence-corrected chi connectivity index (χ3v) is 3.06. The van der Waals surface area contributed by atoms with Crippen LogP contribution in [0.4, 0.5) is 0 Å².